The van der Waals surface area contributed by atoms with Gasteiger partial charge in [-0.2, -0.15) is 0 Å². The summed E-state index contributed by atoms with van der Waals surface area (Å²) in [5.74, 6) is 0. The highest BCUT2D eigenvalue weighted by Gasteiger charge is 1.74. The molecule has 0 spiro atoms. The quantitative estimate of drug-likeness (QED) is 0.706. The lowest BCUT2D eigenvalue weighted by Gasteiger charge is -1.73. The van der Waals surface area contributed by atoms with Crippen LogP contribution in [-0.4, -0.2) is 15.0 Å². The summed E-state index contributed by atoms with van der Waals surface area (Å²) in [5, 5.41) is 0. The van der Waals surface area contributed by atoms with Crippen LogP contribution in [0.25, 0.3) is 0 Å². The van der Waals surface area contributed by atoms with Gasteiger partial charge in [0.25, 0.3) is 0 Å². The lowest BCUT2D eigenvalue weighted by atomic mass is 10.7. The van der Waals surface area contributed by atoms with Gasteiger partial charge in [-0.3, -0.25) is 0 Å². The van der Waals surface area contributed by atoms with E-state index in [0.29, 0.717) is 0 Å². The molecule has 0 aliphatic carbocycles. The number of hydrogen-bond acceptors (Lipinski definition) is 2. The second-order valence-electron chi connectivity index (χ2n) is 1.53. The number of H-pyrrole nitrogens is 1. The van der Waals surface area contributed by atoms with E-state index in [1.807, 2.05) is 6.07 Å². The van der Waals surface area contributed by atoms with Gasteiger partial charge in [-0.1, -0.05) is 0 Å². The van der Waals surface area contributed by atoms with Crippen molar-refractivity contribution in [3.63, 3.8) is 0 Å². The second-order valence-corrected chi connectivity index (χ2v) is 2.63. The van der Waals surface area contributed by atoms with Crippen molar-refractivity contribution in [3.05, 3.63) is 34.7 Å². The Bertz CT molecular complexity index is 220. The Morgan fingerprint density at radius 2 is 2.30 bits per heavy atom. The van der Waals surface area contributed by atoms with Crippen molar-refractivity contribution < 1.29 is 0 Å². The number of nitrogens with one attached hydrogen (secondary N) is 1. The summed E-state index contributed by atoms with van der Waals surface area (Å²) in [6.07, 6.45) is 6.68. The number of aromatic amines is 1. The lowest BCUT2D eigenvalue weighted by Crippen LogP contribution is -1.67. The van der Waals surface area contributed by atoms with Gasteiger partial charge >= 0.3 is 0 Å². The molecule has 10 heavy (non-hydrogen) atoms. The molecule has 0 saturated carbocycles. The Hall–Kier alpha value is -0.650. The van der Waals surface area contributed by atoms with Crippen molar-refractivity contribution in [2.24, 2.45) is 0 Å². The van der Waals surface area contributed by atoms with Gasteiger partial charge in [0.2, 0.25) is 0 Å². The van der Waals surface area contributed by atoms with Gasteiger partial charge < -0.3 is 4.98 Å². The molecule has 0 aliphatic rings. The zero-order valence-electron chi connectivity index (χ0n) is 5.16. The van der Waals surface area contributed by atoms with E-state index in [1.54, 1.807) is 24.9 Å². The molecule has 0 aliphatic heterocycles. The van der Waals surface area contributed by atoms with Crippen LogP contribution < -0.4 is 0 Å². The normalized spacial score (nSPS) is 8.50. The molecule has 1 aromatic heterocycles. The van der Waals surface area contributed by atoms with Crippen molar-refractivity contribution >= 4 is 22.6 Å². The topological polar surface area (TPSA) is 41.6 Å². The Morgan fingerprint density at radius 3 is 3.20 bits per heavy atom. The molecule has 52 valence electrons. The summed E-state index contributed by atoms with van der Waals surface area (Å²) in [4.78, 5) is 10.7. The first-order valence-corrected chi connectivity index (χ1v) is 3.80. The molecule has 0 amide bonds. The van der Waals surface area contributed by atoms with Crippen LogP contribution in [0.5, 0.6) is 0 Å². The van der Waals surface area contributed by atoms with Gasteiger partial charge in [0.1, 0.15) is 3.70 Å². The smallest absolute Gasteiger partial charge is 0.102 e. The van der Waals surface area contributed by atoms with Crippen molar-refractivity contribution in [3.8, 4) is 0 Å². The molecule has 1 heterocycles. The predicted octanol–water partition coefficient (Wildman–Crippen LogP) is 1.53. The lowest BCUT2D eigenvalue weighted by molar-refractivity contribution is 1.20. The number of halogens is 1. The summed E-state index contributed by atoms with van der Waals surface area (Å²) in [7, 11) is 0. The molecule has 0 aromatic carbocycles. The van der Waals surface area contributed by atoms with E-state index in [1.165, 1.54) is 0 Å². The van der Waals surface area contributed by atoms with Crippen LogP contribution in [0.1, 0.15) is 0 Å². The number of hydrogen-bond donors (Lipinski definition) is 1. The minimum atomic E-state index is 0.912. The maximum Gasteiger partial charge on any atom is 0.102 e. The van der Waals surface area contributed by atoms with Gasteiger partial charge in [-0.15, -0.1) is 0 Å². The van der Waals surface area contributed by atoms with E-state index in [-0.39, 0.29) is 0 Å². The standard InChI is InChI=1S/C6H6IN3/c7-6-1-2-8-5-9-3-4-10-6/h1-5H,(H,8,9). The number of nitrogens with zero attached hydrogens (tertiary/aromatic N) is 2. The van der Waals surface area contributed by atoms with E-state index < -0.39 is 0 Å². The Balaban J connectivity index is 3.13. The van der Waals surface area contributed by atoms with Gasteiger partial charge in [0, 0.05) is 18.6 Å². The van der Waals surface area contributed by atoms with E-state index in [4.69, 9.17) is 0 Å². The molecule has 4 heteroatoms. The molecular formula is C6H6IN3. The van der Waals surface area contributed by atoms with Gasteiger partial charge in [-0.25, -0.2) is 9.97 Å². The fourth-order valence-electron chi connectivity index (χ4n) is 0.428. The fraction of sp³-hybridized carbons (Fsp3) is 0. The zero-order valence-corrected chi connectivity index (χ0v) is 7.32. The SMILES string of the molecule is Ic1ccnc[nH]ccn1. The second kappa shape index (κ2) is 4.21. The molecular weight excluding hydrogens is 241 g/mol. The summed E-state index contributed by atoms with van der Waals surface area (Å²) < 4.78 is 0.912. The van der Waals surface area contributed by atoms with Crippen molar-refractivity contribution in [2.75, 3.05) is 0 Å². The molecule has 0 saturated heterocycles. The van der Waals surface area contributed by atoms with Crippen LogP contribution in [0.2, 0.25) is 0 Å². The average molecular weight is 247 g/mol. The highest BCUT2D eigenvalue weighted by atomic mass is 127. The van der Waals surface area contributed by atoms with Gasteiger partial charge in [-0.05, 0) is 28.7 Å². The first-order valence-electron chi connectivity index (χ1n) is 2.72. The van der Waals surface area contributed by atoms with Crippen LogP contribution in [0.15, 0.2) is 31.0 Å². The minimum Gasteiger partial charge on any atom is -0.351 e. The van der Waals surface area contributed by atoms with E-state index in [0.717, 1.165) is 3.70 Å². The highest BCUT2D eigenvalue weighted by molar-refractivity contribution is 14.1. The van der Waals surface area contributed by atoms with Crippen LogP contribution in [0.4, 0.5) is 0 Å². The molecule has 0 radical (unpaired) electrons. The molecule has 0 fully saturated rings. The first kappa shape index (κ1) is 7.46. The summed E-state index contributed by atoms with van der Waals surface area (Å²) in [5.41, 5.74) is 0. The minimum absolute atomic E-state index is 0.912. The molecule has 0 atom stereocenters. The predicted molar refractivity (Wildman–Crippen MR) is 46.7 cm³/mol. The third-order valence-corrected chi connectivity index (χ3v) is 1.45. The van der Waals surface area contributed by atoms with E-state index in [2.05, 4.69) is 37.5 Å². The molecule has 3 nitrogen and oxygen atoms in total. The van der Waals surface area contributed by atoms with Gasteiger partial charge in [0.05, 0.1) is 6.33 Å². The summed E-state index contributed by atoms with van der Waals surface area (Å²) >= 11 is 2.13. The fourth-order valence-corrected chi connectivity index (χ4v) is 0.750. The van der Waals surface area contributed by atoms with Crippen LogP contribution in [-0.2, 0) is 0 Å². The Kier molecular flexibility index (Phi) is 3.14. The first-order chi connectivity index (χ1) is 4.89. The number of rotatable bonds is 0. The van der Waals surface area contributed by atoms with Crippen LogP contribution in [0.3, 0.4) is 0 Å². The zero-order chi connectivity index (χ0) is 7.23. The number of aromatic nitrogens is 3. The maximum absolute atomic E-state index is 4.04. The van der Waals surface area contributed by atoms with Crippen LogP contribution >= 0.6 is 22.6 Å². The van der Waals surface area contributed by atoms with E-state index >= 15 is 0 Å². The average Bonchev–Trinajstić information content (AvgIpc) is 2.02. The van der Waals surface area contributed by atoms with Gasteiger partial charge in [0.15, 0.2) is 0 Å². The molecule has 1 aromatic rings. The summed E-state index contributed by atoms with van der Waals surface area (Å²) in [6, 6.07) is 1.83. The summed E-state index contributed by atoms with van der Waals surface area (Å²) in [6.45, 7) is 0. The Labute approximate surface area is 72.4 Å². The molecule has 1 rings (SSSR count). The van der Waals surface area contributed by atoms with Crippen molar-refractivity contribution in [1.82, 2.24) is 15.0 Å². The third-order valence-electron chi connectivity index (χ3n) is 0.816. The molecule has 1 N–H and O–H groups in total. The third kappa shape index (κ3) is 2.77. The van der Waals surface area contributed by atoms with Crippen LogP contribution in [0, 0.1) is 3.70 Å². The monoisotopic (exact) mass is 247 g/mol. The largest absolute Gasteiger partial charge is 0.351 e. The van der Waals surface area contributed by atoms with Crippen molar-refractivity contribution in [1.29, 1.82) is 0 Å². The molecule has 0 bridgehead atoms. The highest BCUT2D eigenvalue weighted by Crippen LogP contribution is 1.91. The Morgan fingerprint density at radius 1 is 1.40 bits per heavy atom. The van der Waals surface area contributed by atoms with Crippen molar-refractivity contribution in [2.45, 2.75) is 0 Å². The van der Waals surface area contributed by atoms with E-state index in [9.17, 15) is 0 Å². The maximum atomic E-state index is 4.04. The molecule has 0 unspecified atom stereocenters.